The fourth-order valence-electron chi connectivity index (χ4n) is 3.51. The number of hydrogen-bond acceptors (Lipinski definition) is 4. The highest BCUT2D eigenvalue weighted by atomic mass is 32.2. The van der Waals surface area contributed by atoms with Crippen molar-refractivity contribution < 1.29 is 8.42 Å². The topological polar surface area (TPSA) is 52.6 Å². The second-order valence-corrected chi connectivity index (χ2v) is 9.90. The maximum Gasteiger partial charge on any atom is 0.173 e. The number of hydrogen-bond donors (Lipinski definition) is 1. The highest BCUT2D eigenvalue weighted by Gasteiger charge is 2.33. The van der Waals surface area contributed by atoms with E-state index < -0.39 is 9.84 Å². The number of thiocarbonyl (C=S) groups is 1. The normalized spacial score (nSPS) is 23.8. The minimum Gasteiger partial charge on any atom is -0.346 e. The van der Waals surface area contributed by atoms with Gasteiger partial charge in [0.1, 0.15) is 0 Å². The van der Waals surface area contributed by atoms with E-state index in [0.717, 1.165) is 43.4 Å². The molecule has 2 fully saturated rings. The molecular weight excluding hydrogens is 354 g/mol. The van der Waals surface area contributed by atoms with Gasteiger partial charge in [0.05, 0.1) is 11.5 Å². The first-order valence-corrected chi connectivity index (χ1v) is 11.2. The third-order valence-corrected chi connectivity index (χ3v) is 7.27. The van der Waals surface area contributed by atoms with Gasteiger partial charge in [0.2, 0.25) is 0 Å². The average Bonchev–Trinajstić information content (AvgIpc) is 2.95. The largest absolute Gasteiger partial charge is 0.346 e. The van der Waals surface area contributed by atoms with Gasteiger partial charge >= 0.3 is 0 Å². The molecule has 7 heteroatoms. The maximum absolute atomic E-state index is 11.7. The molecule has 1 atom stereocenters. The van der Waals surface area contributed by atoms with Gasteiger partial charge in [-0.05, 0) is 42.3 Å². The third-order valence-electron chi connectivity index (χ3n) is 5.15. The summed E-state index contributed by atoms with van der Waals surface area (Å²) in [6.07, 6.45) is 0.771. The van der Waals surface area contributed by atoms with Gasteiger partial charge in [0.25, 0.3) is 0 Å². The van der Waals surface area contributed by atoms with Crippen LogP contribution in [0.25, 0.3) is 0 Å². The highest BCUT2D eigenvalue weighted by Crippen LogP contribution is 2.20. The number of nitrogens with zero attached hydrogens (tertiary/aromatic N) is 2. The first kappa shape index (κ1) is 18.6. The van der Waals surface area contributed by atoms with Crippen LogP contribution in [-0.2, 0) is 9.84 Å². The molecule has 5 nitrogen and oxygen atoms in total. The van der Waals surface area contributed by atoms with Crippen LogP contribution in [0.4, 0.5) is 5.69 Å². The second-order valence-electron chi connectivity index (χ2n) is 7.29. The summed E-state index contributed by atoms with van der Waals surface area (Å²) in [5.74, 6) is 1.18. The molecule has 0 radical (unpaired) electrons. The Morgan fingerprint density at radius 2 is 1.80 bits per heavy atom. The molecule has 2 aliphatic heterocycles. The van der Waals surface area contributed by atoms with Gasteiger partial charge in [-0.15, -0.1) is 0 Å². The van der Waals surface area contributed by atoms with E-state index in [1.807, 2.05) is 0 Å². The number of anilines is 1. The Morgan fingerprint density at radius 3 is 2.32 bits per heavy atom. The summed E-state index contributed by atoms with van der Waals surface area (Å²) in [5.41, 5.74) is 2.33. The lowest BCUT2D eigenvalue weighted by atomic mass is 10.0. The summed E-state index contributed by atoms with van der Waals surface area (Å²) >= 11 is 5.55. The van der Waals surface area contributed by atoms with Crippen molar-refractivity contribution in [2.24, 2.45) is 0 Å². The molecule has 25 heavy (non-hydrogen) atoms. The number of sulfone groups is 1. The van der Waals surface area contributed by atoms with E-state index >= 15 is 0 Å². The molecule has 1 N–H and O–H groups in total. The van der Waals surface area contributed by atoms with Crippen LogP contribution in [0.1, 0.15) is 31.7 Å². The van der Waals surface area contributed by atoms with Crippen molar-refractivity contribution in [1.29, 1.82) is 0 Å². The Labute approximate surface area is 156 Å². The molecule has 0 amide bonds. The molecule has 0 spiro atoms. The molecule has 138 valence electrons. The number of rotatable bonds is 3. The van der Waals surface area contributed by atoms with Gasteiger partial charge in [-0.2, -0.15) is 0 Å². The molecule has 0 aliphatic carbocycles. The van der Waals surface area contributed by atoms with Crippen LogP contribution in [0.2, 0.25) is 0 Å². The van der Waals surface area contributed by atoms with Gasteiger partial charge in [0, 0.05) is 37.9 Å². The van der Waals surface area contributed by atoms with E-state index in [1.165, 1.54) is 5.56 Å². The summed E-state index contributed by atoms with van der Waals surface area (Å²) in [5, 5.41) is 4.06. The van der Waals surface area contributed by atoms with Crippen molar-refractivity contribution in [3.8, 4) is 0 Å². The van der Waals surface area contributed by atoms with Crippen molar-refractivity contribution in [3.05, 3.63) is 29.8 Å². The first-order valence-electron chi connectivity index (χ1n) is 8.94. The zero-order valence-corrected chi connectivity index (χ0v) is 16.6. The van der Waals surface area contributed by atoms with Gasteiger partial charge in [-0.1, -0.05) is 26.0 Å². The van der Waals surface area contributed by atoms with Crippen molar-refractivity contribution >= 4 is 32.9 Å². The molecule has 2 saturated heterocycles. The van der Waals surface area contributed by atoms with E-state index in [4.69, 9.17) is 12.2 Å². The summed E-state index contributed by atoms with van der Waals surface area (Å²) in [6.45, 7) is 7.78. The Balaban J connectivity index is 1.50. The highest BCUT2D eigenvalue weighted by molar-refractivity contribution is 7.91. The molecule has 1 aromatic carbocycles. The van der Waals surface area contributed by atoms with E-state index in [2.05, 4.69) is 53.2 Å². The van der Waals surface area contributed by atoms with Gasteiger partial charge < -0.3 is 10.2 Å². The van der Waals surface area contributed by atoms with Crippen molar-refractivity contribution in [2.75, 3.05) is 43.0 Å². The first-order chi connectivity index (χ1) is 11.8. The fraction of sp³-hybridized carbons (Fsp3) is 0.611. The summed E-state index contributed by atoms with van der Waals surface area (Å²) in [7, 11) is -2.82. The number of piperazine rings is 1. The summed E-state index contributed by atoms with van der Waals surface area (Å²) in [4.78, 5) is 4.48. The van der Waals surface area contributed by atoms with Crippen molar-refractivity contribution in [1.82, 2.24) is 9.80 Å². The van der Waals surface area contributed by atoms with Gasteiger partial charge in [0.15, 0.2) is 14.9 Å². The average molecular weight is 382 g/mol. The minimum absolute atomic E-state index is 0.192. The SMILES string of the molecule is CC(C)c1ccc(NC(=S)N2CCN([C@H]3CCS(=O)(=O)C3)CC2)cc1. The quantitative estimate of drug-likeness (QED) is 0.811. The Morgan fingerprint density at radius 1 is 1.16 bits per heavy atom. The second kappa shape index (κ2) is 7.60. The van der Waals surface area contributed by atoms with Crippen molar-refractivity contribution in [2.45, 2.75) is 32.2 Å². The predicted molar refractivity (Wildman–Crippen MR) is 107 cm³/mol. The van der Waals surface area contributed by atoms with E-state index in [-0.39, 0.29) is 6.04 Å². The summed E-state index contributed by atoms with van der Waals surface area (Å²) in [6, 6.07) is 8.60. The van der Waals surface area contributed by atoms with Crippen LogP contribution in [-0.4, -0.2) is 67.1 Å². The molecule has 3 rings (SSSR count). The van der Waals surface area contributed by atoms with Crippen LogP contribution in [0.5, 0.6) is 0 Å². The predicted octanol–water partition coefficient (Wildman–Crippen LogP) is 2.31. The lowest BCUT2D eigenvalue weighted by Gasteiger charge is -2.38. The van der Waals surface area contributed by atoms with Gasteiger partial charge in [-0.25, -0.2) is 8.42 Å². The Kier molecular flexibility index (Phi) is 5.65. The monoisotopic (exact) mass is 381 g/mol. The maximum atomic E-state index is 11.7. The van der Waals surface area contributed by atoms with E-state index in [9.17, 15) is 8.42 Å². The van der Waals surface area contributed by atoms with E-state index in [1.54, 1.807) is 0 Å². The summed E-state index contributed by atoms with van der Waals surface area (Å²) < 4.78 is 23.3. The van der Waals surface area contributed by atoms with Crippen LogP contribution in [0.15, 0.2) is 24.3 Å². The van der Waals surface area contributed by atoms with Crippen molar-refractivity contribution in [3.63, 3.8) is 0 Å². The van der Waals surface area contributed by atoms with Crippen LogP contribution in [0, 0.1) is 0 Å². The molecular formula is C18H27N3O2S2. The van der Waals surface area contributed by atoms with Gasteiger partial charge in [-0.3, -0.25) is 4.90 Å². The standard InChI is InChI=1S/C18H27N3O2S2/c1-14(2)15-3-5-16(6-4-15)19-18(24)21-10-8-20(9-11-21)17-7-12-25(22,23)13-17/h3-6,14,17H,7-13H2,1-2H3,(H,19,24)/t17-/m0/s1. The number of nitrogens with one attached hydrogen (secondary N) is 1. The van der Waals surface area contributed by atoms with Crippen LogP contribution < -0.4 is 5.32 Å². The molecule has 0 aromatic heterocycles. The molecule has 0 bridgehead atoms. The zero-order valence-electron chi connectivity index (χ0n) is 14.9. The molecule has 0 saturated carbocycles. The molecule has 2 aliphatic rings. The minimum atomic E-state index is -2.82. The van der Waals surface area contributed by atoms with Crippen LogP contribution in [0.3, 0.4) is 0 Å². The molecule has 0 unspecified atom stereocenters. The third kappa shape index (κ3) is 4.71. The zero-order chi connectivity index (χ0) is 18.0. The van der Waals surface area contributed by atoms with E-state index in [0.29, 0.717) is 17.4 Å². The molecule has 2 heterocycles. The Hall–Kier alpha value is -1.18. The lowest BCUT2D eigenvalue weighted by Crippen LogP contribution is -2.53. The van der Waals surface area contributed by atoms with Crippen LogP contribution >= 0.6 is 12.2 Å². The smallest absolute Gasteiger partial charge is 0.173 e. The fourth-order valence-corrected chi connectivity index (χ4v) is 5.57. The number of benzene rings is 1. The lowest BCUT2D eigenvalue weighted by molar-refractivity contribution is 0.144. The Bertz CT molecular complexity index is 708. The molecule has 1 aromatic rings.